The predicted octanol–water partition coefficient (Wildman–Crippen LogP) is 6.66. The van der Waals surface area contributed by atoms with E-state index in [9.17, 15) is 19.8 Å². The normalized spacial score (nSPS) is 51.7. The number of carbonyl (C=O) groups is 2. The van der Waals surface area contributed by atoms with Gasteiger partial charge in [0, 0.05) is 29.9 Å². The minimum Gasteiger partial charge on any atom is -0.515 e. The maximum atomic E-state index is 14.3. The molecule has 8 atom stereocenters. The van der Waals surface area contributed by atoms with Gasteiger partial charge in [0.05, 0.1) is 6.26 Å². The Balaban J connectivity index is 1.61. The number of hydrogen-bond acceptors (Lipinski definition) is 4. The van der Waals surface area contributed by atoms with Gasteiger partial charge in [-0.15, -0.1) is 0 Å². The first-order chi connectivity index (χ1) is 16.1. The van der Waals surface area contributed by atoms with Crippen molar-refractivity contribution in [2.45, 2.75) is 106 Å². The van der Waals surface area contributed by atoms with E-state index in [-0.39, 0.29) is 63.1 Å². The second kappa shape index (κ2) is 7.45. The number of ketones is 2. The largest absolute Gasteiger partial charge is 0.515 e. The zero-order valence-corrected chi connectivity index (χ0v) is 23.2. The fraction of sp³-hybridized carbons (Fsp3) is 0.871. The summed E-state index contributed by atoms with van der Waals surface area (Å²) in [7, 11) is 0. The Morgan fingerprint density at radius 1 is 0.886 bits per heavy atom. The van der Waals surface area contributed by atoms with Crippen LogP contribution in [-0.4, -0.2) is 28.4 Å². The fourth-order valence-electron chi connectivity index (χ4n) is 11.1. The number of carbonyl (C=O) groups excluding carboxylic acids is 2. The van der Waals surface area contributed by atoms with Gasteiger partial charge in [-0.3, -0.25) is 9.59 Å². The van der Waals surface area contributed by atoms with E-state index >= 15 is 0 Å². The molecule has 0 amide bonds. The van der Waals surface area contributed by atoms with Gasteiger partial charge in [-0.1, -0.05) is 48.5 Å². The second-order valence-corrected chi connectivity index (χ2v) is 15.5. The van der Waals surface area contributed by atoms with Gasteiger partial charge in [-0.2, -0.15) is 0 Å². The van der Waals surface area contributed by atoms with Crippen LogP contribution in [0, 0.1) is 56.2 Å². The van der Waals surface area contributed by atoms with Crippen LogP contribution in [-0.2, 0) is 9.59 Å². The van der Waals surface area contributed by atoms with Gasteiger partial charge >= 0.3 is 0 Å². The molecule has 0 heterocycles. The van der Waals surface area contributed by atoms with E-state index in [1.165, 1.54) is 0 Å². The highest BCUT2D eigenvalue weighted by atomic mass is 16.3. The molecule has 5 aliphatic rings. The lowest BCUT2D eigenvalue weighted by molar-refractivity contribution is -0.234. The van der Waals surface area contributed by atoms with Crippen LogP contribution in [0.5, 0.6) is 0 Å². The first-order valence-corrected chi connectivity index (χ1v) is 14.1. The topological polar surface area (TPSA) is 74.6 Å². The molecule has 4 nitrogen and oxygen atoms in total. The third-order valence-corrected chi connectivity index (χ3v) is 13.3. The summed E-state index contributed by atoms with van der Waals surface area (Å²) in [5, 5.41) is 20.7. The zero-order valence-electron chi connectivity index (χ0n) is 23.2. The van der Waals surface area contributed by atoms with Crippen LogP contribution < -0.4 is 0 Å². The van der Waals surface area contributed by atoms with E-state index in [4.69, 9.17) is 0 Å². The standard InChI is InChI=1S/C31H48O4/c1-26(2)10-12-31(18-33)13-11-30(7)24(20(31)16-26)21(34)14-23-28(5)15-19(17-32)25(35)27(3,4)22(28)8-9-29(23,30)6/h17,20,22-24,32-33H,8-16,18H2,1-7H3/t20?,22-,23+,24?,28-,29+,30+,31+/m0/s1. The molecule has 5 rings (SSSR count). The van der Waals surface area contributed by atoms with Gasteiger partial charge in [-0.05, 0) is 96.2 Å². The Morgan fingerprint density at radius 2 is 1.54 bits per heavy atom. The third kappa shape index (κ3) is 3.07. The molecule has 0 saturated heterocycles. The molecule has 2 unspecified atom stereocenters. The van der Waals surface area contributed by atoms with Crippen molar-refractivity contribution in [3.63, 3.8) is 0 Å². The minimum absolute atomic E-state index is 0.00291. The maximum absolute atomic E-state index is 14.3. The Labute approximate surface area is 212 Å². The summed E-state index contributed by atoms with van der Waals surface area (Å²) in [5.74, 6) is 1.15. The lowest BCUT2D eigenvalue weighted by Gasteiger charge is -2.72. The molecule has 0 aromatic heterocycles. The number of aliphatic hydroxyl groups excluding tert-OH is 2. The van der Waals surface area contributed by atoms with Crippen molar-refractivity contribution in [3.8, 4) is 0 Å². The molecule has 2 N–H and O–H groups in total. The zero-order chi connectivity index (χ0) is 25.8. The van der Waals surface area contributed by atoms with Crippen LogP contribution in [0.25, 0.3) is 0 Å². The van der Waals surface area contributed by atoms with Gasteiger partial charge in [0.15, 0.2) is 5.78 Å². The number of fused-ring (bicyclic) bond motifs is 7. The van der Waals surface area contributed by atoms with Crippen molar-refractivity contribution in [1.29, 1.82) is 0 Å². The van der Waals surface area contributed by atoms with Crippen LogP contribution in [0.1, 0.15) is 106 Å². The van der Waals surface area contributed by atoms with Crippen LogP contribution >= 0.6 is 0 Å². The highest BCUT2D eigenvalue weighted by molar-refractivity contribution is 6.00. The Kier molecular flexibility index (Phi) is 5.43. The third-order valence-electron chi connectivity index (χ3n) is 13.3. The summed E-state index contributed by atoms with van der Waals surface area (Å²) in [6, 6.07) is 0. The molecular weight excluding hydrogens is 436 g/mol. The summed E-state index contributed by atoms with van der Waals surface area (Å²) < 4.78 is 0. The molecule has 0 aromatic carbocycles. The summed E-state index contributed by atoms with van der Waals surface area (Å²) >= 11 is 0. The van der Waals surface area contributed by atoms with Crippen LogP contribution in [0.15, 0.2) is 11.8 Å². The number of rotatable bonds is 1. The fourth-order valence-corrected chi connectivity index (χ4v) is 11.1. The van der Waals surface area contributed by atoms with Crippen molar-refractivity contribution in [1.82, 2.24) is 0 Å². The number of hydrogen-bond donors (Lipinski definition) is 2. The van der Waals surface area contributed by atoms with Gasteiger partial charge in [-0.25, -0.2) is 0 Å². The predicted molar refractivity (Wildman–Crippen MR) is 138 cm³/mol. The molecule has 5 aliphatic carbocycles. The van der Waals surface area contributed by atoms with Crippen molar-refractivity contribution >= 4 is 11.6 Å². The molecule has 35 heavy (non-hydrogen) atoms. The average Bonchev–Trinajstić information content (AvgIpc) is 2.77. The van der Waals surface area contributed by atoms with Crippen LogP contribution in [0.4, 0.5) is 0 Å². The number of allylic oxidation sites excluding steroid dienone is 1. The van der Waals surface area contributed by atoms with Gasteiger partial charge < -0.3 is 10.2 Å². The molecule has 0 spiro atoms. The van der Waals surface area contributed by atoms with Gasteiger partial charge in [0.25, 0.3) is 0 Å². The number of Topliss-reactive ketones (excluding diaryl/α,β-unsaturated/α-hetero) is 2. The molecule has 0 radical (unpaired) electrons. The second-order valence-electron chi connectivity index (χ2n) is 15.5. The molecule has 5 saturated carbocycles. The van der Waals surface area contributed by atoms with Gasteiger partial charge in [0.1, 0.15) is 5.78 Å². The van der Waals surface area contributed by atoms with E-state index in [1.54, 1.807) is 0 Å². The molecule has 0 aromatic rings. The molecule has 196 valence electrons. The molecule has 5 fully saturated rings. The molecule has 0 bridgehead atoms. The summed E-state index contributed by atoms with van der Waals surface area (Å²) in [6.45, 7) is 16.2. The van der Waals surface area contributed by atoms with E-state index in [1.807, 2.05) is 0 Å². The van der Waals surface area contributed by atoms with Gasteiger partial charge in [0.2, 0.25) is 0 Å². The van der Waals surface area contributed by atoms with Crippen molar-refractivity contribution in [2.24, 2.45) is 56.2 Å². The van der Waals surface area contributed by atoms with E-state index in [0.29, 0.717) is 24.2 Å². The van der Waals surface area contributed by atoms with Crippen molar-refractivity contribution in [3.05, 3.63) is 11.8 Å². The summed E-state index contributed by atoms with van der Waals surface area (Å²) in [4.78, 5) is 27.6. The summed E-state index contributed by atoms with van der Waals surface area (Å²) in [6.07, 6.45) is 9.44. The Hall–Kier alpha value is -1.16. The number of aliphatic hydroxyl groups is 2. The Bertz CT molecular complexity index is 976. The average molecular weight is 485 g/mol. The quantitative estimate of drug-likeness (QED) is 0.322. The first kappa shape index (κ1) is 25.5. The monoisotopic (exact) mass is 484 g/mol. The van der Waals surface area contributed by atoms with E-state index in [2.05, 4.69) is 48.5 Å². The van der Waals surface area contributed by atoms with Crippen molar-refractivity contribution < 1.29 is 19.8 Å². The van der Waals surface area contributed by atoms with Crippen LogP contribution in [0.3, 0.4) is 0 Å². The lowest BCUT2D eigenvalue weighted by atomic mass is 9.31. The molecule has 0 aliphatic heterocycles. The summed E-state index contributed by atoms with van der Waals surface area (Å²) in [5.41, 5.74) is -0.197. The lowest BCUT2D eigenvalue weighted by Crippen LogP contribution is -2.69. The van der Waals surface area contributed by atoms with E-state index in [0.717, 1.165) is 51.2 Å². The maximum Gasteiger partial charge on any atom is 0.167 e. The minimum atomic E-state index is -0.532. The SMILES string of the molecule is CC1(C)CC[C@]2(CO)CC[C@]3(C)C(C(=O)C[C@@H]4[C@@]5(C)CC(=CO)C(=O)C(C)(C)[C@@H]5CC[C@]43C)C2C1. The highest BCUT2D eigenvalue weighted by Gasteiger charge is 2.72. The Morgan fingerprint density at radius 3 is 2.17 bits per heavy atom. The van der Waals surface area contributed by atoms with Crippen molar-refractivity contribution in [2.75, 3.05) is 6.61 Å². The smallest absolute Gasteiger partial charge is 0.167 e. The molecule has 4 heteroatoms. The highest BCUT2D eigenvalue weighted by Crippen LogP contribution is 2.76. The molecular formula is C31H48O4. The van der Waals surface area contributed by atoms with E-state index < -0.39 is 5.41 Å². The van der Waals surface area contributed by atoms with Crippen LogP contribution in [0.2, 0.25) is 0 Å². The first-order valence-electron chi connectivity index (χ1n) is 14.1.